The fourth-order valence-electron chi connectivity index (χ4n) is 1.99. The zero-order valence-corrected chi connectivity index (χ0v) is 18.2. The first-order valence-corrected chi connectivity index (χ1v) is 11.6. The minimum atomic E-state index is -2.50. The van der Waals surface area contributed by atoms with Crippen LogP contribution in [0.4, 0.5) is 0 Å². The minimum absolute atomic E-state index is 0. The van der Waals surface area contributed by atoms with E-state index in [1.165, 1.54) is 38.5 Å². The van der Waals surface area contributed by atoms with Gasteiger partial charge < -0.3 is 18.9 Å². The van der Waals surface area contributed by atoms with Crippen LogP contribution in [0.2, 0.25) is 0 Å². The van der Waals surface area contributed by atoms with E-state index in [1.54, 1.807) is 13.8 Å². The van der Waals surface area contributed by atoms with Crippen molar-refractivity contribution >= 4 is 16.1 Å². The van der Waals surface area contributed by atoms with Crippen molar-refractivity contribution in [3.8, 4) is 0 Å². The van der Waals surface area contributed by atoms with Crippen LogP contribution in [-0.4, -0.2) is 11.3 Å². The molecule has 0 amide bonds. The van der Waals surface area contributed by atoms with E-state index in [0.29, 0.717) is 0 Å². The van der Waals surface area contributed by atoms with Crippen LogP contribution in [-0.2, 0) is 25.6 Å². The van der Waals surface area contributed by atoms with E-state index in [2.05, 4.69) is 13.8 Å². The molecule has 0 spiro atoms. The molecule has 4 nitrogen and oxygen atoms in total. The molecule has 0 saturated carbocycles. The first-order chi connectivity index (χ1) is 10.4. The Labute approximate surface area is 154 Å². The van der Waals surface area contributed by atoms with Crippen molar-refractivity contribution in [2.24, 2.45) is 0 Å². The summed E-state index contributed by atoms with van der Waals surface area (Å²) in [6, 6.07) is 0. The topological polar surface area (TPSA) is 80.3 Å². The molecule has 0 aliphatic rings. The molecule has 0 radical (unpaired) electrons. The number of hydrogen-bond donors (Lipinski definition) is 0. The van der Waals surface area contributed by atoms with Crippen molar-refractivity contribution in [3.63, 3.8) is 0 Å². The molecule has 0 rings (SSSR count). The summed E-state index contributed by atoms with van der Waals surface area (Å²) in [6.45, 7) is 7.89. The van der Waals surface area contributed by atoms with Gasteiger partial charge in [-0.15, -0.1) is 0 Å². The molecule has 0 fully saturated rings. The third kappa shape index (κ3) is 22.9. The standard InChI is InChI=1S/2C8H19O2P.Ni/c2*1-3-4-5-6-7-8(2)11(9)10;/h2*8,11H,3-7H2,1-2H3,(H,9,10);/q;;+2/p-2. The van der Waals surface area contributed by atoms with Gasteiger partial charge in [-0.2, -0.15) is 0 Å². The van der Waals surface area contributed by atoms with E-state index in [9.17, 15) is 18.9 Å². The molecule has 0 saturated heterocycles. The Morgan fingerprint density at radius 3 is 1.22 bits per heavy atom. The zero-order chi connectivity index (χ0) is 17.4. The van der Waals surface area contributed by atoms with Crippen LogP contribution in [0.25, 0.3) is 0 Å². The third-order valence-corrected chi connectivity index (χ3v) is 5.97. The van der Waals surface area contributed by atoms with E-state index in [4.69, 9.17) is 0 Å². The quantitative estimate of drug-likeness (QED) is 0.271. The van der Waals surface area contributed by atoms with Gasteiger partial charge in [-0.3, -0.25) is 0 Å². The van der Waals surface area contributed by atoms with Crippen LogP contribution in [0, 0.1) is 0 Å². The Balaban J connectivity index is -0.000000333. The van der Waals surface area contributed by atoms with Gasteiger partial charge in [0.25, 0.3) is 0 Å². The maximum absolute atomic E-state index is 10.4. The summed E-state index contributed by atoms with van der Waals surface area (Å²) in [5, 5.41) is 0. The molecule has 0 bridgehead atoms. The molecule has 0 aromatic carbocycles. The second kappa shape index (κ2) is 20.9. The van der Waals surface area contributed by atoms with E-state index < -0.39 is 16.1 Å². The predicted octanol–water partition coefficient (Wildman–Crippen LogP) is 4.36. The maximum atomic E-state index is 10.4. The van der Waals surface area contributed by atoms with Crippen molar-refractivity contribution in [1.82, 2.24) is 0 Å². The largest absolute Gasteiger partial charge is 2.00 e. The van der Waals surface area contributed by atoms with Crippen LogP contribution < -0.4 is 9.79 Å². The number of hydrogen-bond acceptors (Lipinski definition) is 4. The number of rotatable bonds is 12. The van der Waals surface area contributed by atoms with Gasteiger partial charge in [0.2, 0.25) is 0 Å². The van der Waals surface area contributed by atoms with E-state index >= 15 is 0 Å². The van der Waals surface area contributed by atoms with Crippen LogP contribution >= 0.6 is 16.1 Å². The van der Waals surface area contributed by atoms with Crippen molar-refractivity contribution < 1.29 is 35.4 Å². The second-order valence-corrected chi connectivity index (χ2v) is 9.39. The normalized spacial score (nSPS) is 15.6. The van der Waals surface area contributed by atoms with Gasteiger partial charge in [0.1, 0.15) is 0 Å². The molecule has 0 aromatic rings. The van der Waals surface area contributed by atoms with E-state index in [0.717, 1.165) is 25.7 Å². The first-order valence-electron chi connectivity index (χ1n) is 8.78. The minimum Gasteiger partial charge on any atom is -0.801 e. The molecule has 0 aliphatic heterocycles. The average molecular weight is 413 g/mol. The van der Waals surface area contributed by atoms with Crippen LogP contribution in [0.1, 0.15) is 91.9 Å². The smallest absolute Gasteiger partial charge is 0.801 e. The van der Waals surface area contributed by atoms with Gasteiger partial charge in [0.15, 0.2) is 0 Å². The molecular weight excluding hydrogens is 377 g/mol. The van der Waals surface area contributed by atoms with Gasteiger partial charge in [-0.05, 0) is 24.2 Å². The second-order valence-electron chi connectivity index (χ2n) is 6.14. The summed E-state index contributed by atoms with van der Waals surface area (Å²) in [5.74, 6) is 0. The molecular formula is C16H36NiO4P2. The Kier molecular flexibility index (Phi) is 26.1. The predicted molar refractivity (Wildman–Crippen MR) is 94.4 cm³/mol. The fourth-order valence-corrected chi connectivity index (χ4v) is 2.87. The fraction of sp³-hybridized carbons (Fsp3) is 1.00. The Bertz CT molecular complexity index is 263. The average Bonchev–Trinajstić information content (AvgIpc) is 2.48. The molecule has 23 heavy (non-hydrogen) atoms. The summed E-state index contributed by atoms with van der Waals surface area (Å²) >= 11 is 0. The molecule has 7 heteroatoms. The summed E-state index contributed by atoms with van der Waals surface area (Å²) < 4.78 is 20.9. The Morgan fingerprint density at radius 1 is 0.696 bits per heavy atom. The molecule has 0 aliphatic carbocycles. The van der Waals surface area contributed by atoms with E-state index in [-0.39, 0.29) is 27.8 Å². The summed E-state index contributed by atoms with van der Waals surface area (Å²) in [4.78, 5) is 20.9. The molecule has 0 N–H and O–H groups in total. The maximum Gasteiger partial charge on any atom is 2.00 e. The van der Waals surface area contributed by atoms with Crippen molar-refractivity contribution in [1.29, 1.82) is 0 Å². The van der Waals surface area contributed by atoms with Crippen LogP contribution in [0.5, 0.6) is 0 Å². The van der Waals surface area contributed by atoms with Gasteiger partial charge in [0.05, 0.1) is 0 Å². The third-order valence-electron chi connectivity index (χ3n) is 3.79. The molecule has 0 heterocycles. The van der Waals surface area contributed by atoms with Crippen LogP contribution in [0.3, 0.4) is 0 Å². The summed E-state index contributed by atoms with van der Waals surface area (Å²) in [6.07, 6.45) is 11.1. The van der Waals surface area contributed by atoms with Crippen molar-refractivity contribution in [3.05, 3.63) is 0 Å². The SMILES string of the molecule is CCCCCCC(C)[PH](=O)[O-].CCCCCCC(C)[PH](=O)[O-].[Ni+2]. The van der Waals surface area contributed by atoms with E-state index in [1.807, 2.05) is 0 Å². The Morgan fingerprint density at radius 2 is 1.00 bits per heavy atom. The van der Waals surface area contributed by atoms with Gasteiger partial charge >= 0.3 is 16.5 Å². The van der Waals surface area contributed by atoms with Gasteiger partial charge in [0, 0.05) is 16.1 Å². The van der Waals surface area contributed by atoms with Crippen molar-refractivity contribution in [2.75, 3.05) is 0 Å². The van der Waals surface area contributed by atoms with Gasteiger partial charge in [-0.25, -0.2) is 0 Å². The summed E-state index contributed by atoms with van der Waals surface area (Å²) in [5.41, 5.74) is -0.172. The zero-order valence-electron chi connectivity index (χ0n) is 15.2. The van der Waals surface area contributed by atoms with Gasteiger partial charge in [-0.1, -0.05) is 79.1 Å². The molecule has 4 unspecified atom stereocenters. The first kappa shape index (κ1) is 28.7. The van der Waals surface area contributed by atoms with Crippen LogP contribution in [0.15, 0.2) is 0 Å². The molecule has 144 valence electrons. The Hall–Kier alpha value is 0.874. The van der Waals surface area contributed by atoms with Crippen molar-refractivity contribution in [2.45, 2.75) is 103 Å². The molecule has 4 atom stereocenters. The summed E-state index contributed by atoms with van der Waals surface area (Å²) in [7, 11) is -5.00. The monoisotopic (exact) mass is 412 g/mol. The number of unbranched alkanes of at least 4 members (excludes halogenated alkanes) is 6. The molecule has 0 aromatic heterocycles.